The largest absolute Gasteiger partial charge is 0.467 e. The number of ether oxygens (including phenoxy) is 1. The number of esters is 1. The van der Waals surface area contributed by atoms with Crippen LogP contribution >= 0.6 is 0 Å². The summed E-state index contributed by atoms with van der Waals surface area (Å²) in [7, 11) is 1.43. The zero-order chi connectivity index (χ0) is 17.8. The lowest BCUT2D eigenvalue weighted by Gasteiger charge is -2.38. The van der Waals surface area contributed by atoms with Crippen LogP contribution in [0.5, 0.6) is 0 Å². The Hall–Kier alpha value is -2.33. The van der Waals surface area contributed by atoms with Gasteiger partial charge in [0.05, 0.1) is 13.2 Å². The van der Waals surface area contributed by atoms with Crippen LogP contribution in [0.4, 0.5) is 0 Å². The second kappa shape index (κ2) is 7.70. The summed E-state index contributed by atoms with van der Waals surface area (Å²) in [5.41, 5.74) is 1.07. The maximum Gasteiger partial charge on any atom is 0.328 e. The monoisotopic (exact) mass is 339 g/mol. The van der Waals surface area contributed by atoms with Crippen LogP contribution in [0.15, 0.2) is 61.3 Å². The van der Waals surface area contributed by atoms with E-state index in [0.717, 1.165) is 5.56 Å². The van der Waals surface area contributed by atoms with Crippen LogP contribution in [0.2, 0.25) is 0 Å². The second-order valence-corrected chi connectivity index (χ2v) is 6.67. The van der Waals surface area contributed by atoms with E-state index in [1.54, 1.807) is 0 Å². The first-order valence-corrected chi connectivity index (χ1v) is 8.71. The van der Waals surface area contributed by atoms with Crippen LogP contribution in [-0.2, 0) is 9.53 Å². The molecule has 1 heterocycles. The predicted molar refractivity (Wildman–Crippen MR) is 98.5 cm³/mol. The fraction of sp³-hybridized carbons (Fsp3) is 0.381. The maximum absolute atomic E-state index is 12.3. The highest BCUT2D eigenvalue weighted by Gasteiger charge is 2.48. The molecule has 4 nitrogen and oxygen atoms in total. The van der Waals surface area contributed by atoms with E-state index in [9.17, 15) is 9.90 Å². The maximum atomic E-state index is 12.3. The first-order chi connectivity index (χ1) is 12.2. The SMILES string of the molecule is C=CC[C@H]1[C@@H]2[C@@H](C=C[C@H]1O)C[C@@H](C(=O)OC)N2/C=C/c1ccccc1. The van der Waals surface area contributed by atoms with E-state index in [2.05, 4.69) is 11.5 Å². The van der Waals surface area contributed by atoms with E-state index in [-0.39, 0.29) is 29.9 Å². The number of allylic oxidation sites excluding steroid dienone is 1. The highest BCUT2D eigenvalue weighted by atomic mass is 16.5. The summed E-state index contributed by atoms with van der Waals surface area (Å²) >= 11 is 0. The molecule has 0 radical (unpaired) electrons. The van der Waals surface area contributed by atoms with E-state index in [4.69, 9.17) is 4.74 Å². The molecular weight excluding hydrogens is 314 g/mol. The summed E-state index contributed by atoms with van der Waals surface area (Å²) in [6, 6.07) is 9.71. The van der Waals surface area contributed by atoms with Crippen molar-refractivity contribution in [2.45, 2.75) is 31.0 Å². The fourth-order valence-corrected chi connectivity index (χ4v) is 4.04. The quantitative estimate of drug-likeness (QED) is 0.662. The molecule has 0 aromatic heterocycles. The summed E-state index contributed by atoms with van der Waals surface area (Å²) < 4.78 is 5.02. The molecule has 0 saturated carbocycles. The number of carbonyl (C=O) groups excluding carboxylic acids is 1. The van der Waals surface area contributed by atoms with Gasteiger partial charge in [0.1, 0.15) is 6.04 Å². The van der Waals surface area contributed by atoms with Crippen molar-refractivity contribution in [2.75, 3.05) is 7.11 Å². The van der Waals surface area contributed by atoms with Crippen LogP contribution in [0.3, 0.4) is 0 Å². The van der Waals surface area contributed by atoms with Crippen molar-refractivity contribution in [3.8, 4) is 0 Å². The van der Waals surface area contributed by atoms with Crippen LogP contribution in [0.25, 0.3) is 6.08 Å². The molecule has 0 spiro atoms. The van der Waals surface area contributed by atoms with Crippen LogP contribution in [0, 0.1) is 11.8 Å². The first kappa shape index (κ1) is 17.5. The molecule has 3 rings (SSSR count). The normalized spacial score (nSPS) is 31.1. The van der Waals surface area contributed by atoms with Gasteiger partial charge in [0.15, 0.2) is 0 Å². The third-order valence-electron chi connectivity index (χ3n) is 5.22. The Balaban J connectivity index is 1.93. The topological polar surface area (TPSA) is 49.8 Å². The van der Waals surface area contributed by atoms with E-state index in [1.807, 2.05) is 60.8 Å². The van der Waals surface area contributed by atoms with Crippen molar-refractivity contribution < 1.29 is 14.6 Å². The van der Waals surface area contributed by atoms with Crippen molar-refractivity contribution in [1.82, 2.24) is 4.90 Å². The average molecular weight is 339 g/mol. The van der Waals surface area contributed by atoms with Gasteiger partial charge in [-0.25, -0.2) is 4.79 Å². The molecule has 5 atom stereocenters. The molecule has 0 unspecified atom stereocenters. The van der Waals surface area contributed by atoms with E-state index in [1.165, 1.54) is 7.11 Å². The Labute approximate surface area is 149 Å². The molecule has 1 aromatic carbocycles. The highest BCUT2D eigenvalue weighted by Crippen LogP contribution is 2.41. The third kappa shape index (κ3) is 3.54. The highest BCUT2D eigenvalue weighted by molar-refractivity contribution is 5.76. The van der Waals surface area contributed by atoms with Gasteiger partial charge in [0.25, 0.3) is 0 Å². The minimum Gasteiger partial charge on any atom is -0.467 e. The molecule has 1 aromatic rings. The van der Waals surface area contributed by atoms with Gasteiger partial charge in [0.2, 0.25) is 0 Å². The van der Waals surface area contributed by atoms with Gasteiger partial charge in [0, 0.05) is 24.1 Å². The van der Waals surface area contributed by atoms with Gasteiger partial charge < -0.3 is 14.7 Å². The van der Waals surface area contributed by atoms with Crippen molar-refractivity contribution in [2.24, 2.45) is 11.8 Å². The van der Waals surface area contributed by atoms with Gasteiger partial charge in [-0.15, -0.1) is 6.58 Å². The van der Waals surface area contributed by atoms with E-state index in [0.29, 0.717) is 12.8 Å². The summed E-state index contributed by atoms with van der Waals surface area (Å²) in [5, 5.41) is 10.4. The van der Waals surface area contributed by atoms with Crippen LogP contribution in [0.1, 0.15) is 18.4 Å². The molecule has 1 N–H and O–H groups in total. The zero-order valence-corrected chi connectivity index (χ0v) is 14.5. The number of nitrogens with zero attached hydrogens (tertiary/aromatic N) is 1. The summed E-state index contributed by atoms with van der Waals surface area (Å²) in [5.74, 6) is 0.00723. The minimum absolute atomic E-state index is 0.0163. The van der Waals surface area contributed by atoms with Gasteiger partial charge in [-0.2, -0.15) is 0 Å². The molecule has 1 fully saturated rings. The number of likely N-dealkylation sites (tertiary alicyclic amines) is 1. The number of methoxy groups -OCH3 is 1. The smallest absolute Gasteiger partial charge is 0.328 e. The summed E-state index contributed by atoms with van der Waals surface area (Å²) in [6.45, 7) is 3.83. The van der Waals surface area contributed by atoms with Crippen molar-refractivity contribution in [1.29, 1.82) is 0 Å². The van der Waals surface area contributed by atoms with Gasteiger partial charge >= 0.3 is 5.97 Å². The third-order valence-corrected chi connectivity index (χ3v) is 5.22. The minimum atomic E-state index is -0.525. The number of hydrogen-bond donors (Lipinski definition) is 1. The number of rotatable bonds is 5. The lowest BCUT2D eigenvalue weighted by Crippen LogP contribution is -2.46. The molecule has 0 amide bonds. The Morgan fingerprint density at radius 1 is 1.36 bits per heavy atom. The molecule has 132 valence electrons. The molecule has 2 aliphatic rings. The molecule has 0 bridgehead atoms. The standard InChI is InChI=1S/C21H25NO3/c1-3-7-17-19(23)11-10-16-14-18(21(24)25-2)22(20(16)17)13-12-15-8-5-4-6-9-15/h3-6,8-13,16-20,23H,1,7,14H2,2H3/b13-12+/t16-,17+,18-,19+,20-/m0/s1. The molecular formula is C21H25NO3. The fourth-order valence-electron chi connectivity index (χ4n) is 4.04. The number of fused-ring (bicyclic) bond motifs is 1. The lowest BCUT2D eigenvalue weighted by molar-refractivity contribution is -0.145. The van der Waals surface area contributed by atoms with Gasteiger partial charge in [-0.05, 0) is 24.5 Å². The number of benzene rings is 1. The molecule has 1 saturated heterocycles. The Bertz CT molecular complexity index is 667. The van der Waals surface area contributed by atoms with Crippen molar-refractivity contribution >= 4 is 12.0 Å². The average Bonchev–Trinajstić information content (AvgIpc) is 3.01. The number of aliphatic hydroxyl groups excluding tert-OH is 1. The number of carbonyl (C=O) groups is 1. The Morgan fingerprint density at radius 3 is 2.80 bits per heavy atom. The zero-order valence-electron chi connectivity index (χ0n) is 14.5. The summed E-state index contributed by atoms with van der Waals surface area (Å²) in [6.07, 6.45) is 10.6. The van der Waals surface area contributed by atoms with Gasteiger partial charge in [-0.1, -0.05) is 48.6 Å². The summed E-state index contributed by atoms with van der Waals surface area (Å²) in [4.78, 5) is 14.4. The molecule has 1 aliphatic heterocycles. The van der Waals surface area contributed by atoms with Crippen LogP contribution in [-0.4, -0.2) is 41.3 Å². The van der Waals surface area contributed by atoms with Crippen LogP contribution < -0.4 is 0 Å². The number of aliphatic hydroxyl groups is 1. The molecule has 4 heteroatoms. The van der Waals surface area contributed by atoms with Gasteiger partial charge in [-0.3, -0.25) is 0 Å². The molecule has 1 aliphatic carbocycles. The van der Waals surface area contributed by atoms with Crippen molar-refractivity contribution in [3.63, 3.8) is 0 Å². The predicted octanol–water partition coefficient (Wildman–Crippen LogP) is 3.01. The Morgan fingerprint density at radius 2 is 2.12 bits per heavy atom. The van der Waals surface area contributed by atoms with E-state index >= 15 is 0 Å². The number of hydrogen-bond acceptors (Lipinski definition) is 4. The van der Waals surface area contributed by atoms with E-state index < -0.39 is 6.10 Å². The molecule has 25 heavy (non-hydrogen) atoms. The lowest BCUT2D eigenvalue weighted by atomic mass is 9.78. The Kier molecular flexibility index (Phi) is 5.39. The second-order valence-electron chi connectivity index (χ2n) is 6.67. The van der Waals surface area contributed by atoms with Crippen molar-refractivity contribution in [3.05, 3.63) is 66.9 Å². The first-order valence-electron chi connectivity index (χ1n) is 8.71.